The van der Waals surface area contributed by atoms with Gasteiger partial charge in [0.1, 0.15) is 0 Å². The molecule has 0 amide bonds. The molecule has 2 aliphatic rings. The second-order valence-corrected chi connectivity index (χ2v) is 5.39. The average Bonchev–Trinajstić information content (AvgIpc) is 3.28. The van der Waals surface area contributed by atoms with E-state index in [0.29, 0.717) is 0 Å². The van der Waals surface area contributed by atoms with Crippen molar-refractivity contribution in [1.82, 2.24) is 5.32 Å². The third-order valence-corrected chi connectivity index (χ3v) is 3.57. The average molecular weight is 247 g/mol. The van der Waals surface area contributed by atoms with E-state index >= 15 is 0 Å². The Bertz CT molecular complexity index is 411. The summed E-state index contributed by atoms with van der Waals surface area (Å²) in [5.74, 6) is 2.49. The predicted octanol–water partition coefficient (Wildman–Crippen LogP) is 2.74. The van der Waals surface area contributed by atoms with Crippen LogP contribution in [0.1, 0.15) is 31.2 Å². The Morgan fingerprint density at radius 3 is 2.67 bits per heavy atom. The van der Waals surface area contributed by atoms with Crippen LogP contribution in [0.25, 0.3) is 0 Å². The second-order valence-electron chi connectivity index (χ2n) is 5.39. The van der Waals surface area contributed by atoms with Crippen molar-refractivity contribution in [2.45, 2.75) is 38.3 Å². The quantitative estimate of drug-likeness (QED) is 0.803. The van der Waals surface area contributed by atoms with Crippen LogP contribution >= 0.6 is 0 Å². The van der Waals surface area contributed by atoms with E-state index in [1.807, 2.05) is 6.07 Å². The first-order valence-electron chi connectivity index (χ1n) is 6.88. The molecule has 0 aromatic heterocycles. The zero-order valence-electron chi connectivity index (χ0n) is 10.9. The first-order chi connectivity index (χ1) is 8.85. The Labute approximate surface area is 108 Å². The molecule has 0 atom stereocenters. The van der Waals surface area contributed by atoms with Crippen molar-refractivity contribution in [2.24, 2.45) is 5.92 Å². The van der Waals surface area contributed by atoms with Gasteiger partial charge in [0.2, 0.25) is 0 Å². The summed E-state index contributed by atoms with van der Waals surface area (Å²) in [5, 5.41) is 3.52. The molecule has 3 rings (SSSR count). The predicted molar refractivity (Wildman–Crippen MR) is 71.1 cm³/mol. The molecule has 1 aromatic carbocycles. The van der Waals surface area contributed by atoms with Crippen molar-refractivity contribution in [3.8, 4) is 11.5 Å². The molecule has 0 radical (unpaired) electrons. The summed E-state index contributed by atoms with van der Waals surface area (Å²) >= 11 is 0. The Balaban J connectivity index is 1.63. The highest BCUT2D eigenvalue weighted by atomic mass is 16.5. The highest BCUT2D eigenvalue weighted by Crippen LogP contribution is 2.33. The van der Waals surface area contributed by atoms with Gasteiger partial charge in [-0.05, 0) is 49.3 Å². The van der Waals surface area contributed by atoms with Crippen LogP contribution in [-0.2, 0) is 6.54 Å². The monoisotopic (exact) mass is 247 g/mol. The molecular weight excluding hydrogens is 226 g/mol. The van der Waals surface area contributed by atoms with Gasteiger partial charge >= 0.3 is 0 Å². The third kappa shape index (κ3) is 3.16. The van der Waals surface area contributed by atoms with E-state index in [-0.39, 0.29) is 0 Å². The molecule has 1 N–H and O–H groups in total. The molecule has 18 heavy (non-hydrogen) atoms. The van der Waals surface area contributed by atoms with Crippen molar-refractivity contribution in [3.63, 3.8) is 0 Å². The molecule has 2 aliphatic carbocycles. The topological polar surface area (TPSA) is 30.5 Å². The molecule has 2 fully saturated rings. The zero-order valence-corrected chi connectivity index (χ0v) is 10.9. The van der Waals surface area contributed by atoms with E-state index in [0.717, 1.165) is 36.6 Å². The SMILES string of the molecule is COc1ccc(CNC2CC2)cc1OCC1CC1. The summed E-state index contributed by atoms with van der Waals surface area (Å²) in [6.07, 6.45) is 5.26. The molecule has 0 heterocycles. The number of methoxy groups -OCH3 is 1. The van der Waals surface area contributed by atoms with Crippen LogP contribution in [0.4, 0.5) is 0 Å². The van der Waals surface area contributed by atoms with Gasteiger partial charge in [0.25, 0.3) is 0 Å². The lowest BCUT2D eigenvalue weighted by atomic mass is 10.2. The van der Waals surface area contributed by atoms with Crippen molar-refractivity contribution in [2.75, 3.05) is 13.7 Å². The summed E-state index contributed by atoms with van der Waals surface area (Å²) in [6, 6.07) is 6.96. The Morgan fingerprint density at radius 2 is 2.00 bits per heavy atom. The smallest absolute Gasteiger partial charge is 0.161 e. The van der Waals surface area contributed by atoms with Crippen molar-refractivity contribution in [1.29, 1.82) is 0 Å². The van der Waals surface area contributed by atoms with Crippen LogP contribution in [0.3, 0.4) is 0 Å². The fourth-order valence-corrected chi connectivity index (χ4v) is 1.99. The fourth-order valence-electron chi connectivity index (χ4n) is 1.99. The first-order valence-corrected chi connectivity index (χ1v) is 6.88. The molecule has 3 heteroatoms. The lowest BCUT2D eigenvalue weighted by Gasteiger charge is -2.12. The summed E-state index contributed by atoms with van der Waals surface area (Å²) in [6.45, 7) is 1.75. The maximum absolute atomic E-state index is 5.86. The summed E-state index contributed by atoms with van der Waals surface area (Å²) in [4.78, 5) is 0. The van der Waals surface area contributed by atoms with Crippen LogP contribution in [0.5, 0.6) is 11.5 Å². The highest BCUT2D eigenvalue weighted by Gasteiger charge is 2.23. The zero-order chi connectivity index (χ0) is 12.4. The van der Waals surface area contributed by atoms with Gasteiger partial charge in [-0.25, -0.2) is 0 Å². The van der Waals surface area contributed by atoms with Crippen LogP contribution < -0.4 is 14.8 Å². The molecule has 2 saturated carbocycles. The molecule has 0 aliphatic heterocycles. The molecule has 1 aromatic rings. The van der Waals surface area contributed by atoms with Crippen LogP contribution in [-0.4, -0.2) is 19.8 Å². The van der Waals surface area contributed by atoms with E-state index < -0.39 is 0 Å². The molecule has 98 valence electrons. The summed E-state index contributed by atoms with van der Waals surface area (Å²) in [5.41, 5.74) is 1.27. The number of hydrogen-bond acceptors (Lipinski definition) is 3. The molecule has 0 bridgehead atoms. The minimum atomic E-state index is 0.739. The van der Waals surface area contributed by atoms with Crippen LogP contribution in [0, 0.1) is 5.92 Å². The maximum atomic E-state index is 5.86. The maximum Gasteiger partial charge on any atom is 0.161 e. The van der Waals surface area contributed by atoms with Gasteiger partial charge in [0.05, 0.1) is 13.7 Å². The Kier molecular flexibility index (Phi) is 3.41. The minimum absolute atomic E-state index is 0.739. The molecule has 3 nitrogen and oxygen atoms in total. The minimum Gasteiger partial charge on any atom is -0.493 e. The fraction of sp³-hybridized carbons (Fsp3) is 0.600. The van der Waals surface area contributed by atoms with Gasteiger partial charge in [0, 0.05) is 12.6 Å². The van der Waals surface area contributed by atoms with E-state index in [1.54, 1.807) is 7.11 Å². The van der Waals surface area contributed by atoms with Gasteiger partial charge in [-0.1, -0.05) is 6.07 Å². The first kappa shape index (κ1) is 11.8. The Hall–Kier alpha value is -1.22. The van der Waals surface area contributed by atoms with Gasteiger partial charge in [-0.2, -0.15) is 0 Å². The largest absolute Gasteiger partial charge is 0.493 e. The van der Waals surface area contributed by atoms with E-state index in [2.05, 4.69) is 17.4 Å². The number of nitrogens with one attached hydrogen (secondary N) is 1. The summed E-state index contributed by atoms with van der Waals surface area (Å²) < 4.78 is 11.2. The van der Waals surface area contributed by atoms with Gasteiger partial charge in [-0.15, -0.1) is 0 Å². The third-order valence-electron chi connectivity index (χ3n) is 3.57. The van der Waals surface area contributed by atoms with E-state index in [1.165, 1.54) is 31.2 Å². The number of hydrogen-bond donors (Lipinski definition) is 1. The van der Waals surface area contributed by atoms with Gasteiger partial charge in [0.15, 0.2) is 11.5 Å². The second kappa shape index (κ2) is 5.19. The molecule has 0 spiro atoms. The van der Waals surface area contributed by atoms with Crippen LogP contribution in [0.15, 0.2) is 18.2 Å². The van der Waals surface area contributed by atoms with E-state index in [9.17, 15) is 0 Å². The normalized spacial score (nSPS) is 18.7. The van der Waals surface area contributed by atoms with Crippen molar-refractivity contribution in [3.05, 3.63) is 23.8 Å². The van der Waals surface area contributed by atoms with Gasteiger partial charge < -0.3 is 14.8 Å². The molecular formula is C15H21NO2. The molecule has 0 saturated heterocycles. The Morgan fingerprint density at radius 1 is 1.17 bits per heavy atom. The van der Waals surface area contributed by atoms with Crippen molar-refractivity contribution < 1.29 is 9.47 Å². The number of ether oxygens (including phenoxy) is 2. The lowest BCUT2D eigenvalue weighted by Crippen LogP contribution is -2.15. The van der Waals surface area contributed by atoms with E-state index in [4.69, 9.17) is 9.47 Å². The molecule has 0 unspecified atom stereocenters. The number of rotatable bonds is 7. The van der Waals surface area contributed by atoms with Crippen LogP contribution in [0.2, 0.25) is 0 Å². The van der Waals surface area contributed by atoms with Crippen molar-refractivity contribution >= 4 is 0 Å². The highest BCUT2D eigenvalue weighted by molar-refractivity contribution is 5.43. The summed E-state index contributed by atoms with van der Waals surface area (Å²) in [7, 11) is 1.70. The van der Waals surface area contributed by atoms with Gasteiger partial charge in [-0.3, -0.25) is 0 Å². The number of benzene rings is 1. The standard InChI is InChI=1S/C15H21NO2/c1-17-14-7-4-12(9-16-13-5-6-13)8-15(14)18-10-11-2-3-11/h4,7-8,11,13,16H,2-3,5-6,9-10H2,1H3. The lowest BCUT2D eigenvalue weighted by molar-refractivity contribution is 0.280.